The van der Waals surface area contributed by atoms with E-state index in [4.69, 9.17) is 9.47 Å². The lowest BCUT2D eigenvalue weighted by atomic mass is 10.1. The van der Waals surface area contributed by atoms with Gasteiger partial charge in [0, 0.05) is 11.9 Å². The fraction of sp³-hybridized carbons (Fsp3) is 0.286. The number of rotatable bonds is 5. The van der Waals surface area contributed by atoms with Crippen LogP contribution in [0.2, 0.25) is 0 Å². The Hall–Kier alpha value is -3.35. The van der Waals surface area contributed by atoms with Gasteiger partial charge in [-0.2, -0.15) is 5.10 Å². The van der Waals surface area contributed by atoms with Crippen molar-refractivity contribution >= 4 is 16.7 Å². The first-order valence-electron chi connectivity index (χ1n) is 9.34. The Bertz CT molecular complexity index is 1080. The third kappa shape index (κ3) is 3.43. The molecule has 1 aliphatic heterocycles. The minimum absolute atomic E-state index is 0.186. The third-order valence-corrected chi connectivity index (χ3v) is 4.58. The average molecular weight is 379 g/mol. The molecule has 144 valence electrons. The molecule has 0 fully saturated rings. The summed E-state index contributed by atoms with van der Waals surface area (Å²) in [5.74, 6) is 1.01. The first-order chi connectivity index (χ1) is 13.7. The number of amides is 1. The van der Waals surface area contributed by atoms with Crippen molar-refractivity contribution in [2.75, 3.05) is 13.2 Å². The van der Waals surface area contributed by atoms with Gasteiger partial charge in [-0.05, 0) is 24.6 Å². The highest BCUT2D eigenvalue weighted by molar-refractivity contribution is 6.04. The van der Waals surface area contributed by atoms with E-state index in [0.29, 0.717) is 35.4 Å². The van der Waals surface area contributed by atoms with Crippen molar-refractivity contribution in [1.82, 2.24) is 15.1 Å². The predicted octanol–water partition coefficient (Wildman–Crippen LogP) is 2.38. The van der Waals surface area contributed by atoms with Crippen LogP contribution in [-0.2, 0) is 6.54 Å². The number of fused-ring (bicyclic) bond motifs is 2. The Morgan fingerprint density at radius 1 is 1.14 bits per heavy atom. The van der Waals surface area contributed by atoms with E-state index in [0.717, 1.165) is 6.42 Å². The number of hydrogen-bond donors (Lipinski definition) is 1. The number of aromatic nitrogens is 2. The van der Waals surface area contributed by atoms with E-state index < -0.39 is 0 Å². The number of para-hydroxylation sites is 2. The van der Waals surface area contributed by atoms with E-state index in [9.17, 15) is 9.59 Å². The third-order valence-electron chi connectivity index (χ3n) is 4.58. The lowest BCUT2D eigenvalue weighted by Gasteiger charge is -2.26. The summed E-state index contributed by atoms with van der Waals surface area (Å²) in [7, 11) is 0. The molecule has 1 aromatic heterocycles. The molecule has 0 bridgehead atoms. The molecule has 2 heterocycles. The number of aryl methyl sites for hydroxylation is 1. The Morgan fingerprint density at radius 3 is 2.64 bits per heavy atom. The predicted molar refractivity (Wildman–Crippen MR) is 105 cm³/mol. The van der Waals surface area contributed by atoms with Gasteiger partial charge in [-0.3, -0.25) is 9.59 Å². The highest BCUT2D eigenvalue weighted by Gasteiger charge is 2.23. The molecule has 0 saturated heterocycles. The number of benzene rings is 2. The molecule has 1 N–H and O–H groups in total. The van der Waals surface area contributed by atoms with Crippen molar-refractivity contribution in [3.63, 3.8) is 0 Å². The van der Waals surface area contributed by atoms with Crippen molar-refractivity contribution in [2.24, 2.45) is 0 Å². The second-order valence-corrected chi connectivity index (χ2v) is 6.63. The van der Waals surface area contributed by atoms with Gasteiger partial charge in [0.15, 0.2) is 17.2 Å². The largest absolute Gasteiger partial charge is 0.486 e. The molecule has 1 amide bonds. The molecule has 3 aromatic rings. The van der Waals surface area contributed by atoms with E-state index in [1.807, 2.05) is 31.2 Å². The van der Waals surface area contributed by atoms with Crippen LogP contribution < -0.4 is 20.3 Å². The quantitative estimate of drug-likeness (QED) is 0.736. The monoisotopic (exact) mass is 379 g/mol. The summed E-state index contributed by atoms with van der Waals surface area (Å²) in [5.41, 5.74) is 0.0513. The summed E-state index contributed by atoms with van der Waals surface area (Å²) < 4.78 is 12.9. The first-order valence-corrected chi connectivity index (χ1v) is 9.34. The van der Waals surface area contributed by atoms with Crippen molar-refractivity contribution in [3.05, 3.63) is 64.6 Å². The average Bonchev–Trinajstić information content (AvgIpc) is 2.74. The van der Waals surface area contributed by atoms with Gasteiger partial charge in [-0.15, -0.1) is 0 Å². The Balaban J connectivity index is 1.54. The summed E-state index contributed by atoms with van der Waals surface area (Å²) >= 11 is 0. The van der Waals surface area contributed by atoms with Crippen molar-refractivity contribution in [1.29, 1.82) is 0 Å². The van der Waals surface area contributed by atoms with E-state index in [2.05, 4.69) is 10.4 Å². The zero-order valence-electron chi connectivity index (χ0n) is 15.6. The summed E-state index contributed by atoms with van der Waals surface area (Å²) in [6, 6.07) is 14.5. The molecule has 0 saturated carbocycles. The lowest BCUT2D eigenvalue weighted by molar-refractivity contribution is 0.0786. The zero-order chi connectivity index (χ0) is 19.5. The van der Waals surface area contributed by atoms with E-state index in [-0.39, 0.29) is 29.8 Å². The second kappa shape index (κ2) is 7.72. The van der Waals surface area contributed by atoms with Crippen LogP contribution in [0, 0.1) is 0 Å². The number of hydrogen-bond acceptors (Lipinski definition) is 5. The molecule has 1 aliphatic rings. The molecular weight excluding hydrogens is 358 g/mol. The smallest absolute Gasteiger partial charge is 0.274 e. The highest BCUT2D eigenvalue weighted by atomic mass is 16.6. The van der Waals surface area contributed by atoms with Crippen LogP contribution in [0.3, 0.4) is 0 Å². The van der Waals surface area contributed by atoms with Gasteiger partial charge < -0.3 is 14.8 Å². The van der Waals surface area contributed by atoms with Gasteiger partial charge >= 0.3 is 0 Å². The van der Waals surface area contributed by atoms with Gasteiger partial charge in [0.2, 0.25) is 0 Å². The van der Waals surface area contributed by atoms with Gasteiger partial charge in [0.25, 0.3) is 11.5 Å². The van der Waals surface area contributed by atoms with Crippen LogP contribution >= 0.6 is 0 Å². The Kier molecular flexibility index (Phi) is 4.97. The minimum Gasteiger partial charge on any atom is -0.486 e. The van der Waals surface area contributed by atoms with E-state index in [1.165, 1.54) is 4.68 Å². The SMILES string of the molecule is CCCn1nc(C(=O)NC[C@H]2COc3ccccc3O2)c2ccccc2c1=O. The molecule has 4 rings (SSSR count). The summed E-state index contributed by atoms with van der Waals surface area (Å²) in [6.07, 6.45) is 0.450. The lowest BCUT2D eigenvalue weighted by Crippen LogP contribution is -2.41. The number of carbonyl (C=O) groups excluding carboxylic acids is 1. The first kappa shape index (κ1) is 18.0. The fourth-order valence-corrected chi connectivity index (χ4v) is 3.22. The molecular formula is C21H21N3O4. The molecule has 7 nitrogen and oxygen atoms in total. The number of ether oxygens (including phenoxy) is 2. The van der Waals surface area contributed by atoms with Gasteiger partial charge in [0.1, 0.15) is 12.7 Å². The second-order valence-electron chi connectivity index (χ2n) is 6.63. The van der Waals surface area contributed by atoms with E-state index in [1.54, 1.807) is 24.3 Å². The normalized spacial score (nSPS) is 15.4. The number of nitrogens with zero attached hydrogens (tertiary/aromatic N) is 2. The zero-order valence-corrected chi connectivity index (χ0v) is 15.6. The molecule has 0 spiro atoms. The van der Waals surface area contributed by atoms with Gasteiger partial charge in [-0.25, -0.2) is 4.68 Å². The maximum atomic E-state index is 12.8. The van der Waals surface area contributed by atoms with Crippen LogP contribution in [0.15, 0.2) is 53.3 Å². The van der Waals surface area contributed by atoms with Crippen LogP contribution in [0.4, 0.5) is 0 Å². The summed E-state index contributed by atoms with van der Waals surface area (Å²) in [6.45, 7) is 3.04. The Morgan fingerprint density at radius 2 is 1.86 bits per heavy atom. The highest BCUT2D eigenvalue weighted by Crippen LogP contribution is 2.30. The number of nitrogens with one attached hydrogen (secondary N) is 1. The maximum Gasteiger partial charge on any atom is 0.274 e. The molecule has 2 aromatic carbocycles. The van der Waals surface area contributed by atoms with Gasteiger partial charge in [-0.1, -0.05) is 37.3 Å². The molecule has 0 aliphatic carbocycles. The number of carbonyl (C=O) groups is 1. The van der Waals surface area contributed by atoms with Crippen molar-refractivity contribution in [3.8, 4) is 11.5 Å². The standard InChI is InChI=1S/C21H21N3O4/c1-2-11-24-21(26)16-8-4-3-7-15(16)19(23-24)20(25)22-12-14-13-27-17-9-5-6-10-18(17)28-14/h3-10,14H,2,11-13H2,1H3,(H,22,25)/t14-/m0/s1. The molecule has 7 heteroatoms. The summed E-state index contributed by atoms with van der Waals surface area (Å²) in [5, 5.41) is 8.20. The van der Waals surface area contributed by atoms with Crippen molar-refractivity contribution in [2.45, 2.75) is 26.0 Å². The topological polar surface area (TPSA) is 82.5 Å². The maximum absolute atomic E-state index is 12.8. The molecule has 28 heavy (non-hydrogen) atoms. The van der Waals surface area contributed by atoms with Crippen molar-refractivity contribution < 1.29 is 14.3 Å². The summed E-state index contributed by atoms with van der Waals surface area (Å²) in [4.78, 5) is 25.4. The van der Waals surface area contributed by atoms with Crippen LogP contribution in [0.25, 0.3) is 10.8 Å². The molecule has 1 atom stereocenters. The van der Waals surface area contributed by atoms with Crippen LogP contribution in [0.5, 0.6) is 11.5 Å². The van der Waals surface area contributed by atoms with Crippen LogP contribution in [0.1, 0.15) is 23.8 Å². The van der Waals surface area contributed by atoms with Crippen LogP contribution in [-0.4, -0.2) is 34.9 Å². The minimum atomic E-state index is -0.344. The molecule has 0 unspecified atom stereocenters. The van der Waals surface area contributed by atoms with E-state index >= 15 is 0 Å². The fourth-order valence-electron chi connectivity index (χ4n) is 3.22. The molecule has 0 radical (unpaired) electrons. The Labute approximate surface area is 161 Å². The van der Waals surface area contributed by atoms with Gasteiger partial charge in [0.05, 0.1) is 11.9 Å².